The lowest BCUT2D eigenvalue weighted by Crippen LogP contribution is -2.50. The van der Waals surface area contributed by atoms with Crippen LogP contribution in [0, 0.1) is 13.8 Å². The van der Waals surface area contributed by atoms with Gasteiger partial charge in [0.05, 0.1) is 10.8 Å². The molecule has 1 aliphatic rings. The lowest BCUT2D eigenvalue weighted by molar-refractivity contribution is -0.771. The van der Waals surface area contributed by atoms with Crippen LogP contribution in [0.2, 0.25) is 0 Å². The average Bonchev–Trinajstić information content (AvgIpc) is 2.40. The second kappa shape index (κ2) is 3.29. The first-order valence-corrected chi connectivity index (χ1v) is 6.50. The summed E-state index contributed by atoms with van der Waals surface area (Å²) in [6, 6.07) is 8.98. The van der Waals surface area contributed by atoms with Crippen LogP contribution in [0.1, 0.15) is 11.1 Å². The molecule has 88 valence electrons. The SMILES string of the molecule is Cc1cc[n+]2c3c1ccc1c(C)cc[n+](c13)CC2. The minimum atomic E-state index is 1.07. The Morgan fingerprint density at radius 2 is 1.17 bits per heavy atom. The average molecular weight is 236 g/mol. The molecular formula is C16H16N2+2. The molecule has 0 amide bonds. The molecule has 0 radical (unpaired) electrons. The van der Waals surface area contributed by atoms with Crippen LogP contribution in [0.25, 0.3) is 21.8 Å². The second-order valence-electron chi connectivity index (χ2n) is 5.24. The summed E-state index contributed by atoms with van der Waals surface area (Å²) in [5.74, 6) is 0. The van der Waals surface area contributed by atoms with E-state index >= 15 is 0 Å². The summed E-state index contributed by atoms with van der Waals surface area (Å²) in [6.45, 7) is 6.52. The zero-order valence-electron chi connectivity index (χ0n) is 10.8. The van der Waals surface area contributed by atoms with E-state index in [1.54, 1.807) is 0 Å². The van der Waals surface area contributed by atoms with E-state index in [2.05, 4.69) is 59.6 Å². The van der Waals surface area contributed by atoms with Gasteiger partial charge in [-0.05, 0) is 37.1 Å². The molecule has 0 unspecified atom stereocenters. The fourth-order valence-electron chi connectivity index (χ4n) is 3.12. The largest absolute Gasteiger partial charge is 0.285 e. The summed E-state index contributed by atoms with van der Waals surface area (Å²) in [6.07, 6.45) is 4.45. The maximum absolute atomic E-state index is 2.39. The fourth-order valence-corrected chi connectivity index (χ4v) is 3.12. The maximum Gasteiger partial charge on any atom is 0.285 e. The van der Waals surface area contributed by atoms with Crippen LogP contribution in [0.15, 0.2) is 36.7 Å². The highest BCUT2D eigenvalue weighted by Crippen LogP contribution is 2.25. The van der Waals surface area contributed by atoms with Crippen molar-refractivity contribution in [2.24, 2.45) is 0 Å². The van der Waals surface area contributed by atoms with Gasteiger partial charge in [0, 0.05) is 12.1 Å². The molecule has 1 aliphatic heterocycles. The molecule has 0 spiro atoms. The van der Waals surface area contributed by atoms with Crippen LogP contribution >= 0.6 is 0 Å². The van der Waals surface area contributed by atoms with Gasteiger partial charge < -0.3 is 0 Å². The molecule has 3 heterocycles. The van der Waals surface area contributed by atoms with Crippen LogP contribution < -0.4 is 9.13 Å². The van der Waals surface area contributed by atoms with E-state index < -0.39 is 0 Å². The first kappa shape index (κ1) is 10.0. The zero-order valence-corrected chi connectivity index (χ0v) is 10.8. The van der Waals surface area contributed by atoms with Crippen LogP contribution in [-0.4, -0.2) is 0 Å². The normalized spacial score (nSPS) is 13.7. The standard InChI is InChI=1S/C16H16N2/c1-11-5-7-17-9-10-18-8-6-12(2)14-4-3-13(11)15(17)16(14)18/h3-8H,9-10H2,1-2H3/q+2. The Kier molecular flexibility index (Phi) is 1.83. The third kappa shape index (κ3) is 1.13. The number of aryl methyl sites for hydroxylation is 4. The lowest BCUT2D eigenvalue weighted by Gasteiger charge is -2.11. The number of nitrogens with zero attached hydrogens (tertiary/aromatic N) is 2. The molecule has 0 N–H and O–H groups in total. The highest BCUT2D eigenvalue weighted by atomic mass is 15.1. The van der Waals surface area contributed by atoms with Gasteiger partial charge in [-0.3, -0.25) is 0 Å². The van der Waals surface area contributed by atoms with Crippen molar-refractivity contribution in [2.75, 3.05) is 0 Å². The number of rotatable bonds is 0. The van der Waals surface area contributed by atoms with Gasteiger partial charge in [0.2, 0.25) is 13.1 Å². The van der Waals surface area contributed by atoms with Crippen LogP contribution in [0.3, 0.4) is 0 Å². The Morgan fingerprint density at radius 1 is 0.722 bits per heavy atom. The van der Waals surface area contributed by atoms with Crippen molar-refractivity contribution in [2.45, 2.75) is 26.9 Å². The Balaban J connectivity index is 2.39. The smallest absolute Gasteiger partial charge is 0.186 e. The molecule has 0 saturated carbocycles. The van der Waals surface area contributed by atoms with Crippen molar-refractivity contribution < 1.29 is 9.13 Å². The molecule has 0 aliphatic carbocycles. The predicted molar refractivity (Wildman–Crippen MR) is 71.3 cm³/mol. The summed E-state index contributed by atoms with van der Waals surface area (Å²) >= 11 is 0. The third-order valence-corrected chi connectivity index (χ3v) is 4.17. The number of hydrogen-bond donors (Lipinski definition) is 0. The zero-order chi connectivity index (χ0) is 12.3. The summed E-state index contributed by atoms with van der Waals surface area (Å²) in [7, 11) is 0. The van der Waals surface area contributed by atoms with Crippen molar-refractivity contribution in [3.63, 3.8) is 0 Å². The van der Waals surface area contributed by atoms with Gasteiger partial charge in [-0.25, -0.2) is 0 Å². The Morgan fingerprint density at radius 3 is 1.61 bits per heavy atom. The number of benzene rings is 1. The van der Waals surface area contributed by atoms with Gasteiger partial charge in [-0.15, -0.1) is 0 Å². The van der Waals surface area contributed by atoms with E-state index in [1.165, 1.54) is 32.9 Å². The molecule has 4 rings (SSSR count). The summed E-state index contributed by atoms with van der Waals surface area (Å²) < 4.78 is 4.79. The fraction of sp³-hybridized carbons (Fsp3) is 0.250. The van der Waals surface area contributed by atoms with E-state index in [1.807, 2.05) is 0 Å². The van der Waals surface area contributed by atoms with Crippen LogP contribution in [0.4, 0.5) is 0 Å². The van der Waals surface area contributed by atoms with Crippen molar-refractivity contribution in [3.8, 4) is 0 Å². The molecule has 0 bridgehead atoms. The van der Waals surface area contributed by atoms with E-state index in [0.29, 0.717) is 0 Å². The summed E-state index contributed by atoms with van der Waals surface area (Å²) in [4.78, 5) is 0. The molecule has 1 aromatic carbocycles. The van der Waals surface area contributed by atoms with Gasteiger partial charge >= 0.3 is 0 Å². The number of hydrogen-bond acceptors (Lipinski definition) is 0. The molecule has 0 atom stereocenters. The molecule has 2 aromatic heterocycles. The number of pyridine rings is 2. The van der Waals surface area contributed by atoms with Crippen molar-refractivity contribution in [1.29, 1.82) is 0 Å². The maximum atomic E-state index is 2.39. The predicted octanol–water partition coefficient (Wildman–Crippen LogP) is 2.20. The Labute approximate surface area is 106 Å². The summed E-state index contributed by atoms with van der Waals surface area (Å²) in [5, 5.41) is 2.76. The molecular weight excluding hydrogens is 220 g/mol. The molecule has 0 fully saturated rings. The third-order valence-electron chi connectivity index (χ3n) is 4.17. The molecule has 18 heavy (non-hydrogen) atoms. The second-order valence-corrected chi connectivity index (χ2v) is 5.24. The van der Waals surface area contributed by atoms with E-state index in [0.717, 1.165) is 13.1 Å². The van der Waals surface area contributed by atoms with Crippen molar-refractivity contribution >= 4 is 21.8 Å². The minimum absolute atomic E-state index is 1.07. The first-order valence-electron chi connectivity index (χ1n) is 6.50. The molecule has 3 aromatic rings. The van der Waals surface area contributed by atoms with Gasteiger partial charge in [0.15, 0.2) is 12.4 Å². The van der Waals surface area contributed by atoms with Crippen LogP contribution in [-0.2, 0) is 13.1 Å². The van der Waals surface area contributed by atoms with Crippen molar-refractivity contribution in [3.05, 3.63) is 47.8 Å². The minimum Gasteiger partial charge on any atom is -0.186 e. The summed E-state index contributed by atoms with van der Waals surface area (Å²) in [5.41, 5.74) is 5.50. The molecule has 2 heteroatoms. The topological polar surface area (TPSA) is 7.76 Å². The van der Waals surface area contributed by atoms with E-state index in [4.69, 9.17) is 0 Å². The van der Waals surface area contributed by atoms with Crippen molar-refractivity contribution in [1.82, 2.24) is 0 Å². The molecule has 0 saturated heterocycles. The number of aromatic nitrogens is 2. The van der Waals surface area contributed by atoms with E-state index in [9.17, 15) is 0 Å². The van der Waals surface area contributed by atoms with Gasteiger partial charge in [0.1, 0.15) is 0 Å². The molecule has 2 nitrogen and oxygen atoms in total. The van der Waals surface area contributed by atoms with E-state index in [-0.39, 0.29) is 0 Å². The monoisotopic (exact) mass is 236 g/mol. The highest BCUT2D eigenvalue weighted by Gasteiger charge is 2.28. The Hall–Kier alpha value is -1.96. The van der Waals surface area contributed by atoms with Gasteiger partial charge in [-0.1, -0.05) is 0 Å². The van der Waals surface area contributed by atoms with Gasteiger partial charge in [-0.2, -0.15) is 9.13 Å². The van der Waals surface area contributed by atoms with Crippen LogP contribution in [0.5, 0.6) is 0 Å². The Bertz CT molecular complexity index is 734. The van der Waals surface area contributed by atoms with Gasteiger partial charge in [0.25, 0.3) is 11.0 Å². The lowest BCUT2D eigenvalue weighted by atomic mass is 10.0. The first-order chi connectivity index (χ1) is 8.75. The quantitative estimate of drug-likeness (QED) is 0.417. The highest BCUT2D eigenvalue weighted by molar-refractivity contribution is 6.01.